The van der Waals surface area contributed by atoms with E-state index in [-0.39, 0.29) is 21.0 Å². The Labute approximate surface area is 112 Å². The zero-order valence-electron chi connectivity index (χ0n) is 9.50. The Morgan fingerprint density at radius 3 is 2.84 bits per heavy atom. The highest BCUT2D eigenvalue weighted by molar-refractivity contribution is 7.99. The van der Waals surface area contributed by atoms with Crippen molar-refractivity contribution < 1.29 is 14.3 Å². The molecule has 1 aromatic carbocycles. The first-order valence-corrected chi connectivity index (χ1v) is 5.99. The molecule has 0 radical (unpaired) electrons. The molecule has 4 nitrogen and oxygen atoms in total. The largest absolute Gasteiger partial charge is 0.478 e. The van der Waals surface area contributed by atoms with Crippen LogP contribution in [0.5, 0.6) is 0 Å². The molecule has 0 aliphatic carbocycles. The summed E-state index contributed by atoms with van der Waals surface area (Å²) in [5, 5.41) is 17.9. The molecule has 1 aromatic heterocycles. The number of halogens is 1. The first-order chi connectivity index (χ1) is 9.11. The maximum absolute atomic E-state index is 13.7. The van der Waals surface area contributed by atoms with Gasteiger partial charge in [0.1, 0.15) is 10.8 Å². The van der Waals surface area contributed by atoms with E-state index in [9.17, 15) is 9.18 Å². The second kappa shape index (κ2) is 5.50. The molecule has 1 heterocycles. The van der Waals surface area contributed by atoms with Gasteiger partial charge in [-0.2, -0.15) is 5.26 Å². The Hall–Kier alpha value is -2.39. The van der Waals surface area contributed by atoms with Gasteiger partial charge < -0.3 is 5.11 Å². The van der Waals surface area contributed by atoms with Crippen LogP contribution in [0.3, 0.4) is 0 Å². The summed E-state index contributed by atoms with van der Waals surface area (Å²) in [5.74, 6) is -1.70. The molecular formula is C13H7FN2O2S. The van der Waals surface area contributed by atoms with E-state index < -0.39 is 11.8 Å². The molecule has 0 aliphatic rings. The number of aromatic carboxylic acids is 1. The van der Waals surface area contributed by atoms with E-state index in [4.69, 9.17) is 10.4 Å². The predicted molar refractivity (Wildman–Crippen MR) is 66.4 cm³/mol. The van der Waals surface area contributed by atoms with Gasteiger partial charge in [0.2, 0.25) is 0 Å². The number of nitriles is 1. The fourth-order valence-corrected chi connectivity index (χ4v) is 2.27. The minimum absolute atomic E-state index is 0.0104. The van der Waals surface area contributed by atoms with Gasteiger partial charge >= 0.3 is 5.97 Å². The van der Waals surface area contributed by atoms with Gasteiger partial charge in [-0.3, -0.25) is 0 Å². The van der Waals surface area contributed by atoms with Crippen molar-refractivity contribution >= 4 is 17.7 Å². The summed E-state index contributed by atoms with van der Waals surface area (Å²) >= 11 is 0.912. The van der Waals surface area contributed by atoms with Crippen LogP contribution in [-0.2, 0) is 0 Å². The Bertz CT molecular complexity index is 683. The molecule has 0 saturated heterocycles. The van der Waals surface area contributed by atoms with Crippen LogP contribution in [0.4, 0.5) is 4.39 Å². The first-order valence-electron chi connectivity index (χ1n) is 5.17. The van der Waals surface area contributed by atoms with Crippen LogP contribution < -0.4 is 0 Å². The predicted octanol–water partition coefficient (Wildman–Crippen LogP) is 2.94. The summed E-state index contributed by atoms with van der Waals surface area (Å²) in [4.78, 5) is 15.2. The van der Waals surface area contributed by atoms with Crippen molar-refractivity contribution in [2.45, 2.75) is 9.92 Å². The summed E-state index contributed by atoms with van der Waals surface area (Å²) in [5.41, 5.74) is 0.220. The molecule has 0 fully saturated rings. The number of aromatic nitrogens is 1. The Morgan fingerprint density at radius 1 is 1.42 bits per heavy atom. The van der Waals surface area contributed by atoms with Crippen LogP contribution >= 0.6 is 11.8 Å². The zero-order valence-corrected chi connectivity index (χ0v) is 10.3. The minimum Gasteiger partial charge on any atom is -0.478 e. The van der Waals surface area contributed by atoms with Crippen molar-refractivity contribution in [1.82, 2.24) is 4.98 Å². The highest BCUT2D eigenvalue weighted by atomic mass is 32.2. The van der Waals surface area contributed by atoms with Gasteiger partial charge in [-0.25, -0.2) is 14.2 Å². The van der Waals surface area contributed by atoms with Crippen LogP contribution in [0.2, 0.25) is 0 Å². The number of carbonyl (C=O) groups is 1. The van der Waals surface area contributed by atoms with Crippen molar-refractivity contribution in [3.63, 3.8) is 0 Å². The Morgan fingerprint density at radius 2 is 2.21 bits per heavy atom. The Balaban J connectivity index is 2.37. The molecule has 0 unspecified atom stereocenters. The van der Waals surface area contributed by atoms with Crippen molar-refractivity contribution in [2.75, 3.05) is 0 Å². The third-order valence-corrected chi connectivity index (χ3v) is 3.34. The minimum atomic E-state index is -1.12. The van der Waals surface area contributed by atoms with Gasteiger partial charge in [-0.05, 0) is 30.3 Å². The van der Waals surface area contributed by atoms with Gasteiger partial charge in [0.25, 0.3) is 0 Å². The molecule has 2 rings (SSSR count). The smallest absolute Gasteiger partial charge is 0.338 e. The van der Waals surface area contributed by atoms with Crippen LogP contribution in [0, 0.1) is 17.1 Å². The number of benzene rings is 1. The second-order valence-corrected chi connectivity index (χ2v) is 4.55. The van der Waals surface area contributed by atoms with Gasteiger partial charge in [-0.15, -0.1) is 0 Å². The average Bonchev–Trinajstić information content (AvgIpc) is 2.41. The maximum Gasteiger partial charge on any atom is 0.338 e. The van der Waals surface area contributed by atoms with E-state index >= 15 is 0 Å². The number of carboxylic acids is 1. The lowest BCUT2D eigenvalue weighted by Crippen LogP contribution is -2.00. The van der Waals surface area contributed by atoms with E-state index in [1.807, 2.05) is 6.07 Å². The topological polar surface area (TPSA) is 74.0 Å². The van der Waals surface area contributed by atoms with E-state index in [1.165, 1.54) is 30.5 Å². The van der Waals surface area contributed by atoms with Gasteiger partial charge in [0, 0.05) is 11.1 Å². The molecular weight excluding hydrogens is 267 g/mol. The molecule has 2 aromatic rings. The molecule has 0 saturated carbocycles. The Kier molecular flexibility index (Phi) is 3.78. The van der Waals surface area contributed by atoms with Crippen molar-refractivity contribution in [2.24, 2.45) is 0 Å². The van der Waals surface area contributed by atoms with Gasteiger partial charge in [-0.1, -0.05) is 11.8 Å². The quantitative estimate of drug-likeness (QED) is 0.931. The molecule has 0 bridgehead atoms. The second-order valence-electron chi connectivity index (χ2n) is 3.52. The van der Waals surface area contributed by atoms with E-state index in [0.29, 0.717) is 0 Å². The van der Waals surface area contributed by atoms with Gasteiger partial charge in [0.15, 0.2) is 0 Å². The fraction of sp³-hybridized carbons (Fsp3) is 0. The number of carboxylic acid groups (broad SMARTS) is 1. The highest BCUT2D eigenvalue weighted by Gasteiger charge is 2.14. The van der Waals surface area contributed by atoms with Crippen molar-refractivity contribution in [1.29, 1.82) is 5.26 Å². The maximum atomic E-state index is 13.7. The van der Waals surface area contributed by atoms with Crippen molar-refractivity contribution in [3.05, 3.63) is 53.5 Å². The van der Waals surface area contributed by atoms with E-state index in [0.717, 1.165) is 17.8 Å². The fourth-order valence-electron chi connectivity index (χ4n) is 1.39. The highest BCUT2D eigenvalue weighted by Crippen LogP contribution is 2.30. The molecule has 1 N–H and O–H groups in total. The lowest BCUT2D eigenvalue weighted by molar-refractivity contribution is 0.0692. The summed E-state index contributed by atoms with van der Waals surface area (Å²) in [6.07, 6.45) is 1.44. The monoisotopic (exact) mass is 274 g/mol. The normalized spacial score (nSPS) is 9.89. The summed E-state index contributed by atoms with van der Waals surface area (Å²) in [7, 11) is 0. The third kappa shape index (κ3) is 2.89. The summed E-state index contributed by atoms with van der Waals surface area (Å²) < 4.78 is 13.7. The molecule has 0 spiro atoms. The third-order valence-electron chi connectivity index (χ3n) is 2.27. The summed E-state index contributed by atoms with van der Waals surface area (Å²) in [6, 6.07) is 8.73. The van der Waals surface area contributed by atoms with Gasteiger partial charge in [0.05, 0.1) is 17.2 Å². The van der Waals surface area contributed by atoms with E-state index in [1.54, 1.807) is 0 Å². The summed E-state index contributed by atoms with van der Waals surface area (Å²) in [6.45, 7) is 0. The molecule has 19 heavy (non-hydrogen) atoms. The van der Waals surface area contributed by atoms with Crippen molar-refractivity contribution in [3.8, 4) is 6.07 Å². The zero-order chi connectivity index (χ0) is 13.8. The van der Waals surface area contributed by atoms with Crippen LogP contribution in [0.1, 0.15) is 15.9 Å². The number of rotatable bonds is 3. The van der Waals surface area contributed by atoms with Crippen LogP contribution in [0.25, 0.3) is 0 Å². The number of pyridine rings is 1. The molecule has 0 amide bonds. The lowest BCUT2D eigenvalue weighted by atomic mass is 10.2. The number of nitrogens with zero attached hydrogens (tertiary/aromatic N) is 2. The van der Waals surface area contributed by atoms with Crippen LogP contribution in [-0.4, -0.2) is 16.1 Å². The van der Waals surface area contributed by atoms with Crippen LogP contribution in [0.15, 0.2) is 46.5 Å². The molecule has 0 atom stereocenters. The SMILES string of the molecule is N#Cc1ccc(Sc2ncccc2C(=O)O)c(F)c1. The number of hydrogen-bond acceptors (Lipinski definition) is 4. The van der Waals surface area contributed by atoms with E-state index in [2.05, 4.69) is 4.98 Å². The molecule has 0 aliphatic heterocycles. The first kappa shape index (κ1) is 13.1. The average molecular weight is 274 g/mol. The molecule has 6 heteroatoms. The molecule has 94 valence electrons. The standard InChI is InChI=1S/C13H7FN2O2S/c14-10-6-8(7-15)3-4-11(10)19-12-9(13(17)18)2-1-5-16-12/h1-6H,(H,17,18). The number of hydrogen-bond donors (Lipinski definition) is 1. The lowest BCUT2D eigenvalue weighted by Gasteiger charge is -2.05.